The first-order valence-corrected chi connectivity index (χ1v) is 10.3. The molecule has 5 heteroatoms. The number of thiophene rings is 1. The third-order valence-corrected chi connectivity index (χ3v) is 6.14. The molecular weight excluding hydrogens is 380 g/mol. The fraction of sp³-hybridized carbons (Fsp3) is 0.167. The topological polar surface area (TPSA) is 49.4 Å². The van der Waals surface area contributed by atoms with E-state index in [9.17, 15) is 9.59 Å². The minimum Gasteiger partial charge on any atom is -0.350 e. The molecule has 29 heavy (non-hydrogen) atoms. The second-order valence-corrected chi connectivity index (χ2v) is 8.33. The normalized spacial score (nSPS) is 14.1. The first-order chi connectivity index (χ1) is 13.9. The Morgan fingerprint density at radius 1 is 0.828 bits per heavy atom. The second kappa shape index (κ2) is 7.33. The summed E-state index contributed by atoms with van der Waals surface area (Å²) < 4.78 is 0. The van der Waals surface area contributed by atoms with Crippen LogP contribution in [0.15, 0.2) is 59.6 Å². The van der Waals surface area contributed by atoms with Gasteiger partial charge in [0.25, 0.3) is 11.8 Å². The number of benzene rings is 2. The molecule has 146 valence electrons. The molecule has 0 spiro atoms. The summed E-state index contributed by atoms with van der Waals surface area (Å²) in [5, 5.41) is 5.18. The van der Waals surface area contributed by atoms with Crippen LogP contribution in [0.2, 0.25) is 0 Å². The zero-order valence-corrected chi connectivity index (χ0v) is 17.7. The van der Waals surface area contributed by atoms with Crippen LogP contribution in [0.3, 0.4) is 0 Å². The fourth-order valence-electron chi connectivity index (χ4n) is 3.40. The molecular formula is C24H22N2O2S. The van der Waals surface area contributed by atoms with Gasteiger partial charge in [-0.2, -0.15) is 0 Å². The molecule has 0 saturated carbocycles. The van der Waals surface area contributed by atoms with Crippen molar-refractivity contribution in [3.63, 3.8) is 0 Å². The SMILES string of the molecule is Cc1ccc(C)c(NC2=C(c3cccs3)C(=O)N(c3ccc(C)c(C)c3)C2=O)c1. The molecule has 0 unspecified atom stereocenters. The van der Waals surface area contributed by atoms with Crippen molar-refractivity contribution in [1.82, 2.24) is 0 Å². The van der Waals surface area contributed by atoms with Crippen molar-refractivity contribution in [2.24, 2.45) is 0 Å². The summed E-state index contributed by atoms with van der Waals surface area (Å²) >= 11 is 1.45. The van der Waals surface area contributed by atoms with Crippen LogP contribution in [0.5, 0.6) is 0 Å². The van der Waals surface area contributed by atoms with Crippen molar-refractivity contribution in [2.75, 3.05) is 10.2 Å². The first-order valence-electron chi connectivity index (χ1n) is 9.45. The van der Waals surface area contributed by atoms with Gasteiger partial charge in [-0.3, -0.25) is 9.59 Å². The Bertz CT molecular complexity index is 1160. The molecule has 0 saturated heterocycles. The molecule has 0 fully saturated rings. The van der Waals surface area contributed by atoms with Crippen molar-refractivity contribution in [3.8, 4) is 0 Å². The van der Waals surface area contributed by atoms with Gasteiger partial charge in [0.2, 0.25) is 0 Å². The number of anilines is 2. The van der Waals surface area contributed by atoms with E-state index in [1.54, 1.807) is 0 Å². The number of nitrogens with zero attached hydrogens (tertiary/aromatic N) is 1. The molecule has 0 atom stereocenters. The average molecular weight is 403 g/mol. The van der Waals surface area contributed by atoms with Crippen LogP contribution < -0.4 is 10.2 Å². The van der Waals surface area contributed by atoms with Gasteiger partial charge in [-0.1, -0.05) is 24.3 Å². The lowest BCUT2D eigenvalue weighted by atomic mass is 10.1. The number of carbonyl (C=O) groups is 2. The summed E-state index contributed by atoms with van der Waals surface area (Å²) in [5.74, 6) is -0.629. The Kier molecular flexibility index (Phi) is 4.84. The van der Waals surface area contributed by atoms with E-state index in [-0.39, 0.29) is 11.8 Å². The largest absolute Gasteiger partial charge is 0.350 e. The number of imide groups is 1. The van der Waals surface area contributed by atoms with Gasteiger partial charge in [-0.15, -0.1) is 11.3 Å². The third-order valence-electron chi connectivity index (χ3n) is 5.25. The van der Waals surface area contributed by atoms with Gasteiger partial charge in [0, 0.05) is 10.6 Å². The lowest BCUT2D eigenvalue weighted by Gasteiger charge is -2.17. The maximum Gasteiger partial charge on any atom is 0.282 e. The van der Waals surface area contributed by atoms with Gasteiger partial charge in [0.15, 0.2) is 0 Å². The van der Waals surface area contributed by atoms with Crippen molar-refractivity contribution in [2.45, 2.75) is 27.7 Å². The van der Waals surface area contributed by atoms with Gasteiger partial charge < -0.3 is 5.32 Å². The number of hydrogen-bond acceptors (Lipinski definition) is 4. The monoisotopic (exact) mass is 402 g/mol. The fourth-order valence-corrected chi connectivity index (χ4v) is 4.17. The molecule has 2 amide bonds. The number of amides is 2. The van der Waals surface area contributed by atoms with Gasteiger partial charge >= 0.3 is 0 Å². The van der Waals surface area contributed by atoms with Crippen LogP contribution in [0, 0.1) is 27.7 Å². The lowest BCUT2D eigenvalue weighted by molar-refractivity contribution is -0.120. The van der Waals surface area contributed by atoms with E-state index in [0.29, 0.717) is 17.0 Å². The van der Waals surface area contributed by atoms with Gasteiger partial charge in [0.1, 0.15) is 5.70 Å². The smallest absolute Gasteiger partial charge is 0.282 e. The Morgan fingerprint density at radius 3 is 2.28 bits per heavy atom. The molecule has 3 aromatic rings. The van der Waals surface area contributed by atoms with Crippen LogP contribution in [0.25, 0.3) is 5.57 Å². The first kappa shape index (κ1) is 19.2. The maximum atomic E-state index is 13.4. The summed E-state index contributed by atoms with van der Waals surface area (Å²) in [7, 11) is 0. The molecule has 4 nitrogen and oxygen atoms in total. The van der Waals surface area contributed by atoms with Crippen LogP contribution >= 0.6 is 11.3 Å². The maximum absolute atomic E-state index is 13.4. The number of hydrogen-bond donors (Lipinski definition) is 1. The summed E-state index contributed by atoms with van der Waals surface area (Å²) in [4.78, 5) is 28.8. The quantitative estimate of drug-likeness (QED) is 0.596. The molecule has 0 radical (unpaired) electrons. The van der Waals surface area contributed by atoms with E-state index < -0.39 is 0 Å². The molecule has 1 N–H and O–H groups in total. The zero-order chi connectivity index (χ0) is 20.7. The Labute approximate surface area is 174 Å². The summed E-state index contributed by atoms with van der Waals surface area (Å²) in [6.07, 6.45) is 0. The molecule has 2 aromatic carbocycles. The van der Waals surface area contributed by atoms with Crippen LogP contribution in [-0.4, -0.2) is 11.8 Å². The number of aryl methyl sites for hydroxylation is 4. The van der Waals surface area contributed by atoms with E-state index in [2.05, 4.69) is 5.32 Å². The van der Waals surface area contributed by atoms with Crippen molar-refractivity contribution < 1.29 is 9.59 Å². The van der Waals surface area contributed by atoms with E-state index >= 15 is 0 Å². The second-order valence-electron chi connectivity index (χ2n) is 7.38. The molecule has 1 aliphatic heterocycles. The number of nitrogens with one attached hydrogen (secondary N) is 1. The highest BCUT2D eigenvalue weighted by atomic mass is 32.1. The predicted octanol–water partition coefficient (Wildman–Crippen LogP) is 5.38. The number of carbonyl (C=O) groups excluding carboxylic acids is 2. The van der Waals surface area contributed by atoms with Gasteiger partial charge in [-0.25, -0.2) is 4.90 Å². The van der Waals surface area contributed by atoms with Crippen molar-refractivity contribution in [3.05, 3.63) is 86.7 Å². The van der Waals surface area contributed by atoms with Crippen molar-refractivity contribution in [1.29, 1.82) is 0 Å². The van der Waals surface area contributed by atoms with Crippen LogP contribution in [-0.2, 0) is 9.59 Å². The van der Waals surface area contributed by atoms with E-state index in [1.165, 1.54) is 16.2 Å². The minimum absolute atomic E-state index is 0.298. The molecule has 4 rings (SSSR count). The van der Waals surface area contributed by atoms with Crippen LogP contribution in [0.1, 0.15) is 27.1 Å². The average Bonchev–Trinajstić information content (AvgIpc) is 3.28. The molecule has 2 heterocycles. The highest BCUT2D eigenvalue weighted by molar-refractivity contribution is 7.11. The lowest BCUT2D eigenvalue weighted by Crippen LogP contribution is -2.32. The molecule has 0 aliphatic carbocycles. The van der Waals surface area contributed by atoms with Gasteiger partial charge in [0.05, 0.1) is 11.3 Å². The Balaban J connectivity index is 1.82. The minimum atomic E-state index is -0.331. The molecule has 1 aromatic heterocycles. The third kappa shape index (κ3) is 3.38. The van der Waals surface area contributed by atoms with Crippen molar-refractivity contribution >= 4 is 40.1 Å². The Hall–Kier alpha value is -3.18. The molecule has 1 aliphatic rings. The van der Waals surface area contributed by atoms with Crippen LogP contribution in [0.4, 0.5) is 11.4 Å². The summed E-state index contributed by atoms with van der Waals surface area (Å²) in [5.41, 5.74) is 6.42. The Morgan fingerprint density at radius 2 is 1.59 bits per heavy atom. The van der Waals surface area contributed by atoms with E-state index in [4.69, 9.17) is 0 Å². The summed E-state index contributed by atoms with van der Waals surface area (Å²) in [6, 6.07) is 15.4. The standard InChI is InChI=1S/C24H22N2O2S/c1-14-7-8-16(3)19(12-14)25-22-21(20-6-5-11-29-20)23(27)26(24(22)28)18-10-9-15(2)17(4)13-18/h5-13,25H,1-4H3. The highest BCUT2D eigenvalue weighted by Gasteiger charge is 2.40. The van der Waals surface area contributed by atoms with Gasteiger partial charge in [-0.05, 0) is 79.6 Å². The molecule has 0 bridgehead atoms. The van der Waals surface area contributed by atoms with E-state index in [1.807, 2.05) is 81.6 Å². The number of rotatable bonds is 4. The predicted molar refractivity (Wildman–Crippen MR) is 119 cm³/mol. The zero-order valence-electron chi connectivity index (χ0n) is 16.9. The summed E-state index contributed by atoms with van der Waals surface area (Å²) in [6.45, 7) is 7.97. The highest BCUT2D eigenvalue weighted by Crippen LogP contribution is 2.36. The van der Waals surface area contributed by atoms with E-state index in [0.717, 1.165) is 32.8 Å².